The van der Waals surface area contributed by atoms with Crippen molar-refractivity contribution in [1.82, 2.24) is 10.2 Å². The van der Waals surface area contributed by atoms with E-state index in [0.717, 1.165) is 22.9 Å². The Kier molecular flexibility index (Phi) is 2.96. The van der Waals surface area contributed by atoms with E-state index >= 15 is 0 Å². The average molecular weight is 171 g/mol. The van der Waals surface area contributed by atoms with Crippen LogP contribution in [0, 0.1) is 6.92 Å². The van der Waals surface area contributed by atoms with Gasteiger partial charge in [0.2, 0.25) is 0 Å². The Morgan fingerprint density at radius 3 is 2.73 bits per heavy atom. The second-order valence-electron chi connectivity index (χ2n) is 2.59. The minimum Gasteiger partial charge on any atom is -0.327 e. The number of nitrogens with two attached hydrogens (primary N) is 1. The van der Waals surface area contributed by atoms with Gasteiger partial charge in [0, 0.05) is 12.5 Å². The van der Waals surface area contributed by atoms with Gasteiger partial charge in [0.1, 0.15) is 10.0 Å². The average Bonchev–Trinajstić information content (AvgIpc) is 2.35. The first-order valence-electron chi connectivity index (χ1n) is 3.77. The molecule has 0 aliphatic rings. The third kappa shape index (κ3) is 2.55. The normalized spacial score (nSPS) is 13.4. The smallest absolute Gasteiger partial charge is 0.118 e. The molecule has 11 heavy (non-hydrogen) atoms. The molecule has 1 unspecified atom stereocenters. The van der Waals surface area contributed by atoms with E-state index < -0.39 is 0 Å². The highest BCUT2D eigenvalue weighted by Crippen LogP contribution is 2.10. The predicted octanol–water partition coefficient (Wildman–Crippen LogP) is 1.13. The van der Waals surface area contributed by atoms with Crippen LogP contribution in [0.1, 0.15) is 23.4 Å². The predicted molar refractivity (Wildman–Crippen MR) is 46.6 cm³/mol. The van der Waals surface area contributed by atoms with E-state index in [0.29, 0.717) is 0 Å². The quantitative estimate of drug-likeness (QED) is 0.741. The highest BCUT2D eigenvalue weighted by Gasteiger charge is 2.04. The lowest BCUT2D eigenvalue weighted by molar-refractivity contribution is 0.640. The third-order valence-corrected chi connectivity index (χ3v) is 2.39. The van der Waals surface area contributed by atoms with Gasteiger partial charge in [-0.15, -0.1) is 21.5 Å². The van der Waals surface area contributed by atoms with Crippen molar-refractivity contribution in [2.45, 2.75) is 32.7 Å². The van der Waals surface area contributed by atoms with Crippen molar-refractivity contribution in [3.63, 3.8) is 0 Å². The first-order valence-corrected chi connectivity index (χ1v) is 4.58. The van der Waals surface area contributed by atoms with Gasteiger partial charge in [-0.1, -0.05) is 6.92 Å². The Morgan fingerprint density at radius 1 is 1.55 bits per heavy atom. The molecular formula is C7H13N3S. The summed E-state index contributed by atoms with van der Waals surface area (Å²) in [5, 5.41) is 9.98. The molecule has 3 nitrogen and oxygen atoms in total. The van der Waals surface area contributed by atoms with Gasteiger partial charge in [-0.3, -0.25) is 0 Å². The minimum absolute atomic E-state index is 0.238. The summed E-state index contributed by atoms with van der Waals surface area (Å²) in [7, 11) is 0. The van der Waals surface area contributed by atoms with Crippen LogP contribution in [0.4, 0.5) is 0 Å². The molecule has 4 heteroatoms. The lowest BCUT2D eigenvalue weighted by atomic mass is 10.2. The summed E-state index contributed by atoms with van der Waals surface area (Å²) in [5.41, 5.74) is 5.75. The maximum atomic E-state index is 5.75. The number of aromatic nitrogens is 2. The maximum absolute atomic E-state index is 5.75. The van der Waals surface area contributed by atoms with Crippen LogP contribution in [0.5, 0.6) is 0 Å². The first kappa shape index (κ1) is 8.62. The Morgan fingerprint density at radius 2 is 2.27 bits per heavy atom. The SMILES string of the molecule is CCC(N)Cc1nnc(C)s1. The zero-order valence-corrected chi connectivity index (χ0v) is 7.69. The van der Waals surface area contributed by atoms with Crippen LogP contribution < -0.4 is 5.73 Å². The van der Waals surface area contributed by atoms with Gasteiger partial charge in [0.05, 0.1) is 0 Å². The molecule has 2 N–H and O–H groups in total. The summed E-state index contributed by atoms with van der Waals surface area (Å²) in [6, 6.07) is 0.238. The fourth-order valence-corrected chi connectivity index (χ4v) is 1.59. The monoisotopic (exact) mass is 171 g/mol. The first-order chi connectivity index (χ1) is 5.22. The van der Waals surface area contributed by atoms with Gasteiger partial charge in [0.25, 0.3) is 0 Å². The van der Waals surface area contributed by atoms with Crippen molar-refractivity contribution in [2.24, 2.45) is 5.73 Å². The van der Waals surface area contributed by atoms with Crippen LogP contribution in [-0.4, -0.2) is 16.2 Å². The molecule has 0 saturated heterocycles. The molecule has 0 radical (unpaired) electrons. The van der Waals surface area contributed by atoms with Gasteiger partial charge >= 0.3 is 0 Å². The summed E-state index contributed by atoms with van der Waals surface area (Å²) in [4.78, 5) is 0. The van der Waals surface area contributed by atoms with Gasteiger partial charge in [-0.05, 0) is 13.3 Å². The number of nitrogens with zero attached hydrogens (tertiary/aromatic N) is 2. The van der Waals surface area contributed by atoms with Crippen molar-refractivity contribution >= 4 is 11.3 Å². The number of hydrogen-bond donors (Lipinski definition) is 1. The number of rotatable bonds is 3. The molecule has 0 bridgehead atoms. The molecule has 1 rings (SSSR count). The molecule has 0 spiro atoms. The summed E-state index contributed by atoms with van der Waals surface area (Å²) in [6.07, 6.45) is 1.86. The highest BCUT2D eigenvalue weighted by molar-refractivity contribution is 7.11. The topological polar surface area (TPSA) is 51.8 Å². The van der Waals surface area contributed by atoms with Gasteiger partial charge in [-0.2, -0.15) is 0 Å². The van der Waals surface area contributed by atoms with Gasteiger partial charge in [0.15, 0.2) is 0 Å². The van der Waals surface area contributed by atoms with Crippen LogP contribution in [-0.2, 0) is 6.42 Å². The van der Waals surface area contributed by atoms with Crippen LogP contribution in [0.25, 0.3) is 0 Å². The van der Waals surface area contributed by atoms with Crippen molar-refractivity contribution in [3.05, 3.63) is 10.0 Å². The zero-order valence-electron chi connectivity index (χ0n) is 6.87. The molecule has 0 amide bonds. The second kappa shape index (κ2) is 3.78. The summed E-state index contributed by atoms with van der Waals surface area (Å²) < 4.78 is 0. The molecule has 0 aliphatic heterocycles. The Balaban J connectivity index is 2.50. The van der Waals surface area contributed by atoms with E-state index in [1.165, 1.54) is 0 Å². The lowest BCUT2D eigenvalue weighted by Gasteiger charge is -2.03. The Bertz CT molecular complexity index is 221. The van der Waals surface area contributed by atoms with Crippen LogP contribution in [0.15, 0.2) is 0 Å². The second-order valence-corrected chi connectivity index (χ2v) is 3.85. The Hall–Kier alpha value is -0.480. The molecule has 1 heterocycles. The Labute approximate surface area is 70.6 Å². The standard InChI is InChI=1S/C7H13N3S/c1-3-6(8)4-7-10-9-5(2)11-7/h6H,3-4,8H2,1-2H3. The molecule has 0 aromatic carbocycles. The van der Waals surface area contributed by atoms with Crippen LogP contribution in [0.2, 0.25) is 0 Å². The minimum atomic E-state index is 0.238. The summed E-state index contributed by atoms with van der Waals surface area (Å²) in [5.74, 6) is 0. The molecule has 0 aliphatic carbocycles. The molecule has 1 aromatic heterocycles. The van der Waals surface area contributed by atoms with Crippen LogP contribution in [0.3, 0.4) is 0 Å². The maximum Gasteiger partial charge on any atom is 0.118 e. The zero-order chi connectivity index (χ0) is 8.27. The molecule has 0 saturated carbocycles. The molecule has 62 valence electrons. The van der Waals surface area contributed by atoms with E-state index in [9.17, 15) is 0 Å². The van der Waals surface area contributed by atoms with Crippen molar-refractivity contribution in [3.8, 4) is 0 Å². The van der Waals surface area contributed by atoms with Crippen molar-refractivity contribution in [2.75, 3.05) is 0 Å². The third-order valence-electron chi connectivity index (χ3n) is 1.53. The fourth-order valence-electron chi connectivity index (χ4n) is 0.789. The van der Waals surface area contributed by atoms with Gasteiger partial charge in [-0.25, -0.2) is 0 Å². The number of hydrogen-bond acceptors (Lipinski definition) is 4. The van der Waals surface area contributed by atoms with Crippen LogP contribution >= 0.6 is 11.3 Å². The van der Waals surface area contributed by atoms with E-state index in [1.54, 1.807) is 11.3 Å². The van der Waals surface area contributed by atoms with Crippen molar-refractivity contribution in [1.29, 1.82) is 0 Å². The number of aryl methyl sites for hydroxylation is 1. The van der Waals surface area contributed by atoms with Gasteiger partial charge < -0.3 is 5.73 Å². The molecule has 1 atom stereocenters. The van der Waals surface area contributed by atoms with E-state index in [2.05, 4.69) is 17.1 Å². The van der Waals surface area contributed by atoms with E-state index in [1.807, 2.05) is 6.92 Å². The fraction of sp³-hybridized carbons (Fsp3) is 0.714. The summed E-state index contributed by atoms with van der Waals surface area (Å²) >= 11 is 1.63. The summed E-state index contributed by atoms with van der Waals surface area (Å²) in [6.45, 7) is 4.04. The van der Waals surface area contributed by atoms with E-state index in [4.69, 9.17) is 5.73 Å². The largest absolute Gasteiger partial charge is 0.327 e. The van der Waals surface area contributed by atoms with Crippen molar-refractivity contribution < 1.29 is 0 Å². The molecule has 0 fully saturated rings. The lowest BCUT2D eigenvalue weighted by Crippen LogP contribution is -2.21. The molecule has 1 aromatic rings. The highest BCUT2D eigenvalue weighted by atomic mass is 32.1. The van der Waals surface area contributed by atoms with E-state index in [-0.39, 0.29) is 6.04 Å². The molecular weight excluding hydrogens is 158 g/mol.